The Kier molecular flexibility index (Phi) is 5.33. The van der Waals surface area contributed by atoms with Crippen molar-refractivity contribution in [2.45, 2.75) is 56.8 Å². The molecule has 9 heteroatoms. The summed E-state index contributed by atoms with van der Waals surface area (Å²) in [6.07, 6.45) is -5.79. The lowest BCUT2D eigenvalue weighted by molar-refractivity contribution is -0.291. The van der Waals surface area contributed by atoms with Crippen LogP contribution >= 0.6 is 0 Å². The van der Waals surface area contributed by atoms with E-state index in [0.717, 1.165) is 12.7 Å². The lowest BCUT2D eigenvalue weighted by Gasteiger charge is -2.39. The number of fused-ring (bicyclic) bond motifs is 1. The molecule has 0 aromatic carbocycles. The van der Waals surface area contributed by atoms with Gasteiger partial charge in [0.25, 0.3) is 0 Å². The SMILES string of the molecule is CC1CCC2C(C(=O)O[C@@H]3O[C@H](CO)[C@H](O)[C@H](O)[C@H]3O)=COC(O)C12. The molecule has 2 fully saturated rings. The average Bonchev–Trinajstić information content (AvgIpc) is 2.98. The maximum atomic E-state index is 12.5. The molecule has 3 rings (SSSR count). The molecule has 9 atom stereocenters. The summed E-state index contributed by atoms with van der Waals surface area (Å²) < 4.78 is 15.5. The van der Waals surface area contributed by atoms with Crippen LogP contribution in [0.4, 0.5) is 0 Å². The number of aliphatic hydroxyl groups excluding tert-OH is 5. The first-order chi connectivity index (χ1) is 11.8. The maximum absolute atomic E-state index is 12.5. The van der Waals surface area contributed by atoms with Crippen LogP contribution in [0.15, 0.2) is 11.8 Å². The first kappa shape index (κ1) is 18.6. The molecule has 2 aliphatic heterocycles. The van der Waals surface area contributed by atoms with Gasteiger partial charge in [0.2, 0.25) is 6.29 Å². The number of hydrogen-bond donors (Lipinski definition) is 5. The van der Waals surface area contributed by atoms with Crippen LogP contribution in [-0.4, -0.2) is 75.1 Å². The van der Waals surface area contributed by atoms with E-state index in [1.54, 1.807) is 0 Å². The van der Waals surface area contributed by atoms with Gasteiger partial charge in [0, 0.05) is 11.8 Å². The third-order valence-electron chi connectivity index (χ3n) is 5.43. The topological polar surface area (TPSA) is 146 Å². The number of aliphatic hydroxyl groups is 5. The minimum Gasteiger partial charge on any atom is -0.472 e. The van der Waals surface area contributed by atoms with E-state index < -0.39 is 49.6 Å². The third-order valence-corrected chi connectivity index (χ3v) is 5.43. The highest BCUT2D eigenvalue weighted by atomic mass is 16.7. The van der Waals surface area contributed by atoms with Gasteiger partial charge in [-0.2, -0.15) is 0 Å². The zero-order valence-electron chi connectivity index (χ0n) is 13.8. The molecule has 1 saturated heterocycles. The number of esters is 1. The zero-order valence-corrected chi connectivity index (χ0v) is 13.8. The number of carbonyl (C=O) groups is 1. The fourth-order valence-corrected chi connectivity index (χ4v) is 3.93. The molecule has 4 unspecified atom stereocenters. The molecule has 5 N–H and O–H groups in total. The van der Waals surface area contributed by atoms with Crippen molar-refractivity contribution in [3.8, 4) is 0 Å². The molecule has 0 bridgehead atoms. The van der Waals surface area contributed by atoms with E-state index in [1.807, 2.05) is 6.92 Å². The highest BCUT2D eigenvalue weighted by molar-refractivity contribution is 5.89. The van der Waals surface area contributed by atoms with Crippen molar-refractivity contribution in [1.29, 1.82) is 0 Å². The van der Waals surface area contributed by atoms with Gasteiger partial charge in [0.1, 0.15) is 24.4 Å². The standard InChI is InChI=1S/C16H24O9/c1-6-2-3-7-8(5-23-15(22)10(6)7)14(21)25-16-13(20)12(19)11(18)9(4-17)24-16/h5-7,9-13,15-20,22H,2-4H2,1H3/t6?,7?,9-,10?,11+,12+,13-,15?,16+/m1/s1. The molecule has 0 amide bonds. The number of carbonyl (C=O) groups excluding carboxylic acids is 1. The molecular weight excluding hydrogens is 336 g/mol. The van der Waals surface area contributed by atoms with Crippen LogP contribution in [0.2, 0.25) is 0 Å². The van der Waals surface area contributed by atoms with Crippen LogP contribution in [0.25, 0.3) is 0 Å². The van der Waals surface area contributed by atoms with Gasteiger partial charge in [0.05, 0.1) is 18.4 Å². The molecular formula is C16H24O9. The van der Waals surface area contributed by atoms with E-state index in [9.17, 15) is 30.3 Å². The van der Waals surface area contributed by atoms with E-state index in [1.165, 1.54) is 0 Å². The lowest BCUT2D eigenvalue weighted by atomic mass is 9.83. The molecule has 142 valence electrons. The van der Waals surface area contributed by atoms with Crippen LogP contribution in [-0.2, 0) is 19.0 Å². The molecule has 0 aromatic rings. The van der Waals surface area contributed by atoms with Gasteiger partial charge in [-0.15, -0.1) is 0 Å². The Morgan fingerprint density at radius 1 is 1.20 bits per heavy atom. The Morgan fingerprint density at radius 3 is 2.60 bits per heavy atom. The molecule has 9 nitrogen and oxygen atoms in total. The molecule has 0 spiro atoms. The Labute approximate surface area is 144 Å². The summed E-state index contributed by atoms with van der Waals surface area (Å²) in [6, 6.07) is 0. The molecule has 1 saturated carbocycles. The van der Waals surface area contributed by atoms with Crippen LogP contribution in [0.5, 0.6) is 0 Å². The number of hydrogen-bond acceptors (Lipinski definition) is 9. The highest BCUT2D eigenvalue weighted by Gasteiger charge is 2.48. The summed E-state index contributed by atoms with van der Waals surface area (Å²) >= 11 is 0. The zero-order chi connectivity index (χ0) is 18.3. The summed E-state index contributed by atoms with van der Waals surface area (Å²) in [6.45, 7) is 1.36. The highest BCUT2D eigenvalue weighted by Crippen LogP contribution is 2.46. The minimum absolute atomic E-state index is 0.184. The largest absolute Gasteiger partial charge is 0.472 e. The van der Waals surface area contributed by atoms with Crippen molar-refractivity contribution < 1.29 is 44.5 Å². The first-order valence-electron chi connectivity index (χ1n) is 8.40. The second kappa shape index (κ2) is 7.18. The van der Waals surface area contributed by atoms with Crippen LogP contribution in [0.1, 0.15) is 19.8 Å². The number of rotatable bonds is 3. The van der Waals surface area contributed by atoms with Crippen LogP contribution in [0.3, 0.4) is 0 Å². The predicted octanol–water partition coefficient (Wildman–Crippen LogP) is -1.78. The fraction of sp³-hybridized carbons (Fsp3) is 0.812. The molecule has 0 aromatic heterocycles. The van der Waals surface area contributed by atoms with Gasteiger partial charge in [-0.05, 0) is 18.8 Å². The van der Waals surface area contributed by atoms with Crippen molar-refractivity contribution in [1.82, 2.24) is 0 Å². The van der Waals surface area contributed by atoms with Gasteiger partial charge in [-0.3, -0.25) is 0 Å². The Balaban J connectivity index is 1.71. The van der Waals surface area contributed by atoms with Gasteiger partial charge in [-0.1, -0.05) is 6.92 Å². The Bertz CT molecular complexity index is 534. The Hall–Kier alpha value is -1.23. The van der Waals surface area contributed by atoms with Crippen LogP contribution < -0.4 is 0 Å². The second-order valence-corrected chi connectivity index (χ2v) is 6.94. The lowest BCUT2D eigenvalue weighted by Crippen LogP contribution is -2.59. The summed E-state index contributed by atoms with van der Waals surface area (Å²) in [5.74, 6) is -1.05. The van der Waals surface area contributed by atoms with E-state index in [2.05, 4.69) is 0 Å². The molecule has 2 heterocycles. The van der Waals surface area contributed by atoms with E-state index in [4.69, 9.17) is 14.2 Å². The third kappa shape index (κ3) is 3.27. The second-order valence-electron chi connectivity index (χ2n) is 6.94. The van der Waals surface area contributed by atoms with Gasteiger partial charge >= 0.3 is 5.97 Å². The summed E-state index contributed by atoms with van der Waals surface area (Å²) in [5, 5.41) is 48.6. The van der Waals surface area contributed by atoms with E-state index >= 15 is 0 Å². The van der Waals surface area contributed by atoms with E-state index in [0.29, 0.717) is 6.42 Å². The van der Waals surface area contributed by atoms with Crippen LogP contribution in [0, 0.1) is 17.8 Å². The number of ether oxygens (including phenoxy) is 3. The summed E-state index contributed by atoms with van der Waals surface area (Å²) in [5.41, 5.74) is 0.233. The monoisotopic (exact) mass is 360 g/mol. The van der Waals surface area contributed by atoms with Crippen molar-refractivity contribution in [2.24, 2.45) is 17.8 Å². The molecule has 3 aliphatic rings. The van der Waals surface area contributed by atoms with Crippen molar-refractivity contribution >= 4 is 5.97 Å². The summed E-state index contributed by atoms with van der Waals surface area (Å²) in [7, 11) is 0. The maximum Gasteiger partial charge on any atom is 0.339 e. The minimum atomic E-state index is -1.66. The van der Waals surface area contributed by atoms with E-state index in [-0.39, 0.29) is 23.3 Å². The fourth-order valence-electron chi connectivity index (χ4n) is 3.93. The quantitative estimate of drug-likeness (QED) is 0.369. The smallest absolute Gasteiger partial charge is 0.339 e. The molecule has 1 aliphatic carbocycles. The Morgan fingerprint density at radius 2 is 1.92 bits per heavy atom. The average molecular weight is 360 g/mol. The first-order valence-corrected chi connectivity index (χ1v) is 8.40. The predicted molar refractivity (Wildman–Crippen MR) is 80.4 cm³/mol. The van der Waals surface area contributed by atoms with Crippen molar-refractivity contribution in [3.63, 3.8) is 0 Å². The van der Waals surface area contributed by atoms with Gasteiger partial charge in [-0.25, -0.2) is 4.79 Å². The van der Waals surface area contributed by atoms with Gasteiger partial charge < -0.3 is 39.7 Å². The summed E-state index contributed by atoms with van der Waals surface area (Å²) in [4.78, 5) is 12.5. The molecule has 0 radical (unpaired) electrons. The molecule has 25 heavy (non-hydrogen) atoms. The van der Waals surface area contributed by atoms with Crippen molar-refractivity contribution in [2.75, 3.05) is 6.61 Å². The van der Waals surface area contributed by atoms with Gasteiger partial charge in [0.15, 0.2) is 6.29 Å². The van der Waals surface area contributed by atoms with Crippen molar-refractivity contribution in [3.05, 3.63) is 11.8 Å². The normalized spacial score (nSPS) is 46.8.